The number of oxime groups is 1. The van der Waals surface area contributed by atoms with Crippen LogP contribution in [-0.4, -0.2) is 70.0 Å². The van der Waals surface area contributed by atoms with Gasteiger partial charge >= 0.3 is 11.9 Å². The summed E-state index contributed by atoms with van der Waals surface area (Å²) in [5, 5.41) is 27.8. The topological polar surface area (TPSA) is 164 Å². The normalized spacial score (nSPS) is 20.9. The van der Waals surface area contributed by atoms with Crippen molar-refractivity contribution in [2.45, 2.75) is 89.6 Å². The van der Waals surface area contributed by atoms with Gasteiger partial charge in [0.25, 0.3) is 5.91 Å². The van der Waals surface area contributed by atoms with Gasteiger partial charge in [0, 0.05) is 49.1 Å². The first-order chi connectivity index (χ1) is 28.7. The summed E-state index contributed by atoms with van der Waals surface area (Å²) >= 11 is 3.24. The Morgan fingerprint density at radius 2 is 1.50 bits per heavy atom. The fourth-order valence-electron chi connectivity index (χ4n) is 9.09. The summed E-state index contributed by atoms with van der Waals surface area (Å²) in [6.45, 7) is 6.31. The minimum atomic E-state index is -0.553. The zero-order chi connectivity index (χ0) is 42.9. The van der Waals surface area contributed by atoms with Gasteiger partial charge in [-0.2, -0.15) is 0 Å². The van der Waals surface area contributed by atoms with E-state index in [0.29, 0.717) is 58.1 Å². The summed E-state index contributed by atoms with van der Waals surface area (Å²) in [5.74, 6) is 2.51. The number of esters is 2. The zero-order valence-electron chi connectivity index (χ0n) is 34.3. The van der Waals surface area contributed by atoms with Gasteiger partial charge in [-0.1, -0.05) is 63.1 Å². The summed E-state index contributed by atoms with van der Waals surface area (Å²) in [5.41, 5.74) is 4.15. The Balaban J connectivity index is 0.959. The molecule has 4 aliphatic carbocycles. The van der Waals surface area contributed by atoms with Gasteiger partial charge in [-0.15, -0.1) is 0 Å². The predicted octanol–water partition coefficient (Wildman–Crippen LogP) is 9.02. The molecule has 320 valence electrons. The highest BCUT2D eigenvalue weighted by atomic mass is 79.9. The van der Waals surface area contributed by atoms with Crippen molar-refractivity contribution < 1.29 is 39.0 Å². The average Bonchev–Trinajstić information content (AvgIpc) is 3.19. The second kappa shape index (κ2) is 20.5. The lowest BCUT2D eigenvalue weighted by molar-refractivity contribution is -0.148. The smallest absolute Gasteiger partial charge is 0.331 e. The van der Waals surface area contributed by atoms with Crippen LogP contribution in [0.25, 0.3) is 17.2 Å². The molecule has 7 rings (SSSR count). The number of carbonyl (C=O) groups is 4. The minimum Gasteiger partial charge on any atom is -0.507 e. The van der Waals surface area contributed by atoms with Crippen LogP contribution in [-0.2, 0) is 35.8 Å². The average molecular weight is 921 g/mol. The summed E-state index contributed by atoms with van der Waals surface area (Å²) in [6.07, 6.45) is 10.5. The monoisotopic (exact) mass is 919 g/mol. The Kier molecular flexibility index (Phi) is 15.5. The Bertz CT molecular complexity index is 2060. The molecule has 4 saturated carbocycles. The maximum Gasteiger partial charge on any atom is 0.331 e. The van der Waals surface area contributed by atoms with Crippen LogP contribution in [0.2, 0.25) is 0 Å². The molecular formula is C46H54BrN3O8S2. The van der Waals surface area contributed by atoms with Crippen molar-refractivity contribution >= 4 is 73.1 Å². The quantitative estimate of drug-likeness (QED) is 0.0142. The van der Waals surface area contributed by atoms with Crippen LogP contribution in [0.3, 0.4) is 0 Å². The number of phenols is 1. The van der Waals surface area contributed by atoms with Crippen LogP contribution in [0.1, 0.15) is 88.8 Å². The highest BCUT2D eigenvalue weighted by Gasteiger charge is 2.52. The second-order valence-electron chi connectivity index (χ2n) is 17.1. The lowest BCUT2D eigenvalue weighted by atomic mass is 9.48. The van der Waals surface area contributed by atoms with E-state index < -0.39 is 17.5 Å². The number of benzene rings is 3. The molecule has 0 spiro atoms. The van der Waals surface area contributed by atoms with Crippen molar-refractivity contribution in [1.29, 1.82) is 0 Å². The van der Waals surface area contributed by atoms with Crippen molar-refractivity contribution in [3.05, 3.63) is 87.9 Å². The van der Waals surface area contributed by atoms with Crippen LogP contribution in [0, 0.1) is 17.8 Å². The number of hydrogen-bond donors (Lipinski definition) is 4. The molecule has 11 nitrogen and oxygen atoms in total. The summed E-state index contributed by atoms with van der Waals surface area (Å²) < 4.78 is 12.0. The van der Waals surface area contributed by atoms with Gasteiger partial charge in [-0.05, 0) is 151 Å². The van der Waals surface area contributed by atoms with Crippen molar-refractivity contribution in [3.8, 4) is 22.6 Å². The number of hydrogen-bond acceptors (Lipinski definition) is 11. The van der Waals surface area contributed by atoms with Crippen molar-refractivity contribution in [2.24, 2.45) is 22.9 Å². The lowest BCUT2D eigenvalue weighted by Crippen LogP contribution is -2.48. The maximum atomic E-state index is 13.3. The first kappa shape index (κ1) is 45.3. The molecule has 0 saturated heterocycles. The van der Waals surface area contributed by atoms with Crippen molar-refractivity contribution in [3.63, 3.8) is 0 Å². The van der Waals surface area contributed by atoms with E-state index in [4.69, 9.17) is 9.47 Å². The molecule has 0 aromatic heterocycles. The Labute approximate surface area is 368 Å². The van der Waals surface area contributed by atoms with Gasteiger partial charge in [0.1, 0.15) is 22.8 Å². The van der Waals surface area contributed by atoms with E-state index in [1.807, 2.05) is 57.2 Å². The molecule has 14 heteroatoms. The van der Waals surface area contributed by atoms with E-state index in [0.717, 1.165) is 41.5 Å². The maximum absolute atomic E-state index is 13.3. The van der Waals surface area contributed by atoms with Crippen molar-refractivity contribution in [2.75, 3.05) is 24.6 Å². The van der Waals surface area contributed by atoms with E-state index in [9.17, 15) is 29.5 Å². The third kappa shape index (κ3) is 12.6. The number of nitrogens with zero attached hydrogens (tertiary/aromatic N) is 1. The molecule has 4 aliphatic rings. The molecule has 0 heterocycles. The van der Waals surface area contributed by atoms with Gasteiger partial charge in [-0.3, -0.25) is 14.4 Å². The number of nitrogens with one attached hydrogen (secondary N) is 2. The zero-order valence-corrected chi connectivity index (χ0v) is 37.6. The van der Waals surface area contributed by atoms with Gasteiger partial charge in [-0.25, -0.2) is 4.79 Å². The number of rotatable bonds is 18. The van der Waals surface area contributed by atoms with Crippen LogP contribution in [0.4, 0.5) is 0 Å². The fraction of sp³-hybridized carbons (Fsp3) is 0.457. The molecule has 0 atom stereocenters. The van der Waals surface area contributed by atoms with Crippen LogP contribution in [0.15, 0.2) is 76.4 Å². The van der Waals surface area contributed by atoms with Crippen molar-refractivity contribution in [1.82, 2.24) is 10.6 Å². The minimum absolute atomic E-state index is 0.0258. The van der Waals surface area contributed by atoms with Crippen LogP contribution >= 0.6 is 37.5 Å². The summed E-state index contributed by atoms with van der Waals surface area (Å²) in [7, 11) is 3.09. The van der Waals surface area contributed by atoms with E-state index in [1.165, 1.54) is 31.4 Å². The number of phenolic OH excluding ortho intramolecular Hbond substituents is 1. The predicted molar refractivity (Wildman–Crippen MR) is 241 cm³/mol. The molecule has 3 aromatic carbocycles. The first-order valence-corrected chi connectivity index (χ1v) is 23.8. The molecule has 3 aromatic rings. The fourth-order valence-corrected chi connectivity index (χ4v) is 11.3. The SMILES string of the molecule is CC(C)(C)OC(=O)C=Cc1ccc(-c2ccc(OC(=O)CCC(=O)NCCSSCCNC(=O)C(Cc3ccc(O)c(Br)c3)=NO)c(C34CC5CC(CC(C5)C3)C4)c2)cc1. The number of halogens is 1. The molecule has 4 bridgehead atoms. The third-order valence-corrected chi connectivity index (χ3v) is 14.3. The Hall–Kier alpha value is -4.27. The molecule has 2 amide bonds. The van der Waals surface area contributed by atoms with E-state index in [2.05, 4.69) is 37.8 Å². The largest absolute Gasteiger partial charge is 0.507 e. The molecule has 0 unspecified atom stereocenters. The number of ether oxygens (including phenoxy) is 2. The molecule has 4 N–H and O–H groups in total. The number of aromatic hydroxyl groups is 1. The van der Waals surface area contributed by atoms with Crippen LogP contribution < -0.4 is 15.4 Å². The van der Waals surface area contributed by atoms with Gasteiger partial charge < -0.3 is 30.4 Å². The second-order valence-corrected chi connectivity index (χ2v) is 20.7. The molecule has 60 heavy (non-hydrogen) atoms. The first-order valence-electron chi connectivity index (χ1n) is 20.5. The highest BCUT2D eigenvalue weighted by Crippen LogP contribution is 2.62. The molecule has 4 fully saturated rings. The lowest BCUT2D eigenvalue weighted by Gasteiger charge is -2.57. The summed E-state index contributed by atoms with van der Waals surface area (Å²) in [4.78, 5) is 50.6. The molecular weight excluding hydrogens is 867 g/mol. The Morgan fingerprint density at radius 1 is 0.867 bits per heavy atom. The van der Waals surface area contributed by atoms with E-state index in [-0.39, 0.29) is 48.0 Å². The molecule has 0 aliphatic heterocycles. The summed E-state index contributed by atoms with van der Waals surface area (Å²) in [6, 6.07) is 19.0. The standard InChI is InChI=1S/C46H54BrN3O8S2/c1-45(2,3)58-43(54)14-7-29-4-8-34(9-5-29)35-10-12-40(36(25-35)46-26-31-20-32(27-46)22-33(21-31)28-46)57-42(53)15-13-41(52)48-16-18-59-60-19-17-49-44(55)38(50-56)24-30-6-11-39(51)37(47)23-30/h4-12,14,23,25,31-33,51,56H,13,15-22,24,26-28H2,1-3H3,(H,48,52)(H,49,55). The van der Waals surface area contributed by atoms with E-state index >= 15 is 0 Å². The number of carbonyl (C=O) groups excluding carboxylic acids is 4. The van der Waals surface area contributed by atoms with E-state index in [1.54, 1.807) is 39.8 Å². The molecule has 0 radical (unpaired) electrons. The van der Waals surface area contributed by atoms with Gasteiger partial charge in [0.15, 0.2) is 0 Å². The third-order valence-electron chi connectivity index (χ3n) is 11.3. The number of amides is 2. The highest BCUT2D eigenvalue weighted by molar-refractivity contribution is 9.10. The van der Waals surface area contributed by atoms with Gasteiger partial charge in [0.2, 0.25) is 5.91 Å². The van der Waals surface area contributed by atoms with Crippen LogP contribution in [0.5, 0.6) is 11.5 Å². The Morgan fingerprint density at radius 3 is 2.12 bits per heavy atom. The van der Waals surface area contributed by atoms with Gasteiger partial charge in [0.05, 0.1) is 10.9 Å².